The first kappa shape index (κ1) is 24.9. The number of Topliss-reactive ketones (excluding diaryl/α,β-unsaturated/α-hetero) is 1. The van der Waals surface area contributed by atoms with Crippen molar-refractivity contribution < 1.29 is 9.53 Å². The summed E-state index contributed by atoms with van der Waals surface area (Å²) in [6.07, 6.45) is 2.62. The Labute approximate surface area is 206 Å². The highest BCUT2D eigenvalue weighted by Gasteiger charge is 2.47. The van der Waals surface area contributed by atoms with Gasteiger partial charge >= 0.3 is 0 Å². The third-order valence-electron chi connectivity index (χ3n) is 7.91. The summed E-state index contributed by atoms with van der Waals surface area (Å²) in [5, 5.41) is 3.65. The summed E-state index contributed by atoms with van der Waals surface area (Å²) in [5.41, 5.74) is 3.96. The van der Waals surface area contributed by atoms with Gasteiger partial charge in [-0.15, -0.1) is 0 Å². The Morgan fingerprint density at radius 2 is 1.82 bits per heavy atom. The van der Waals surface area contributed by atoms with Crippen molar-refractivity contribution in [2.24, 2.45) is 11.8 Å². The monoisotopic (exact) mass is 462 g/mol. The Kier molecular flexibility index (Phi) is 7.21. The van der Waals surface area contributed by atoms with Gasteiger partial charge in [0.05, 0.1) is 24.8 Å². The number of carbonyl (C=O) groups excluding carboxylic acids is 1. The molecule has 2 atom stereocenters. The molecule has 0 spiro atoms. The molecule has 0 amide bonds. The zero-order chi connectivity index (χ0) is 24.5. The molecule has 2 aliphatic rings. The van der Waals surface area contributed by atoms with Gasteiger partial charge in [0.25, 0.3) is 0 Å². The van der Waals surface area contributed by atoms with E-state index in [-0.39, 0.29) is 22.9 Å². The average molecular weight is 463 g/mol. The van der Waals surface area contributed by atoms with E-state index in [1.165, 1.54) is 18.4 Å². The van der Waals surface area contributed by atoms with Gasteiger partial charge in [0, 0.05) is 17.8 Å². The van der Waals surface area contributed by atoms with E-state index >= 15 is 0 Å². The smallest absolute Gasteiger partial charge is 0.180 e. The minimum atomic E-state index is -0.233. The van der Waals surface area contributed by atoms with Crippen molar-refractivity contribution in [2.75, 3.05) is 25.0 Å². The summed E-state index contributed by atoms with van der Waals surface area (Å²) < 4.78 is 6.01. The predicted octanol–water partition coefficient (Wildman–Crippen LogP) is 6.30. The van der Waals surface area contributed by atoms with Crippen molar-refractivity contribution in [1.29, 1.82) is 0 Å². The largest absolute Gasteiger partial charge is 0.378 e. The quantitative estimate of drug-likeness (QED) is 0.450. The fourth-order valence-corrected chi connectivity index (χ4v) is 5.37. The second-order valence-corrected chi connectivity index (χ2v) is 11.6. The highest BCUT2D eigenvalue weighted by molar-refractivity contribution is 6.03. The van der Waals surface area contributed by atoms with Gasteiger partial charge < -0.3 is 10.1 Å². The van der Waals surface area contributed by atoms with E-state index in [4.69, 9.17) is 4.74 Å². The van der Waals surface area contributed by atoms with Crippen LogP contribution in [0.3, 0.4) is 0 Å². The summed E-state index contributed by atoms with van der Waals surface area (Å²) in [6, 6.07) is 16.6. The number of hydrogen-bond acceptors (Lipinski definition) is 4. The molecule has 0 radical (unpaired) electrons. The number of anilines is 1. The molecule has 4 nitrogen and oxygen atoms in total. The number of likely N-dealkylation sites (N-methyl/N-ethyl adjacent to an activating group) is 1. The molecule has 2 aromatic rings. The van der Waals surface area contributed by atoms with Gasteiger partial charge in [-0.05, 0) is 79.8 Å². The fraction of sp³-hybridized carbons (Fsp3) is 0.567. The highest BCUT2D eigenvalue weighted by atomic mass is 16.5. The fourth-order valence-electron chi connectivity index (χ4n) is 5.37. The minimum absolute atomic E-state index is 0.0327. The van der Waals surface area contributed by atoms with E-state index in [2.05, 4.69) is 76.0 Å². The van der Waals surface area contributed by atoms with Gasteiger partial charge in [-0.3, -0.25) is 9.69 Å². The molecular weight excluding hydrogens is 420 g/mol. The Morgan fingerprint density at radius 1 is 1.12 bits per heavy atom. The summed E-state index contributed by atoms with van der Waals surface area (Å²) in [4.78, 5) is 16.1. The molecule has 1 fully saturated rings. The van der Waals surface area contributed by atoms with Crippen LogP contribution in [-0.2, 0) is 16.8 Å². The lowest BCUT2D eigenvalue weighted by Gasteiger charge is -2.47. The van der Waals surface area contributed by atoms with Crippen LogP contribution in [0.15, 0.2) is 48.5 Å². The van der Waals surface area contributed by atoms with Gasteiger partial charge in [0.2, 0.25) is 0 Å². The number of carbonyl (C=O) groups is 1. The van der Waals surface area contributed by atoms with Crippen molar-refractivity contribution in [3.05, 3.63) is 65.2 Å². The third kappa shape index (κ3) is 5.39. The van der Waals surface area contributed by atoms with Crippen LogP contribution in [0.4, 0.5) is 5.69 Å². The van der Waals surface area contributed by atoms with Crippen LogP contribution in [0, 0.1) is 11.8 Å². The van der Waals surface area contributed by atoms with Crippen molar-refractivity contribution in [2.45, 2.75) is 78.0 Å². The second kappa shape index (κ2) is 9.83. The average Bonchev–Trinajstić information content (AvgIpc) is 3.62. The molecular formula is C30H42N2O2. The van der Waals surface area contributed by atoms with Gasteiger partial charge in [-0.2, -0.15) is 0 Å². The van der Waals surface area contributed by atoms with Gasteiger partial charge in [0.15, 0.2) is 5.78 Å². The number of benzene rings is 2. The van der Waals surface area contributed by atoms with Gasteiger partial charge in [0.1, 0.15) is 0 Å². The summed E-state index contributed by atoms with van der Waals surface area (Å²) in [6.45, 7) is 16.6. The predicted molar refractivity (Wildman–Crippen MR) is 141 cm³/mol. The standard InChI is InChI=1S/C30H42N2O2/c1-7-32(18-22-13-14-22)27-21(2)30(5,6)26-17-24(15-16-25(26)28(27)33)31-29(3,4)20-34-19-23-11-9-8-10-12-23/h8-12,15-17,21-22,27,31H,7,13-14,18-20H2,1-6H3/t21-,27-/m0/s1. The number of fused-ring (bicyclic) bond motifs is 1. The molecule has 2 aromatic carbocycles. The number of ketones is 1. The first-order chi connectivity index (χ1) is 16.1. The molecule has 1 saturated carbocycles. The zero-order valence-electron chi connectivity index (χ0n) is 21.9. The zero-order valence-corrected chi connectivity index (χ0v) is 21.9. The second-order valence-electron chi connectivity index (χ2n) is 11.6. The molecule has 0 aliphatic heterocycles. The lowest BCUT2D eigenvalue weighted by atomic mass is 9.63. The van der Waals surface area contributed by atoms with E-state index in [1.807, 2.05) is 24.3 Å². The lowest BCUT2D eigenvalue weighted by Crippen LogP contribution is -2.55. The number of rotatable bonds is 10. The summed E-state index contributed by atoms with van der Waals surface area (Å²) >= 11 is 0. The van der Waals surface area contributed by atoms with Crippen LogP contribution in [0.1, 0.15) is 75.9 Å². The van der Waals surface area contributed by atoms with Crippen LogP contribution in [-0.4, -0.2) is 42.0 Å². The van der Waals surface area contributed by atoms with E-state index in [0.717, 1.165) is 35.8 Å². The molecule has 0 unspecified atom stereocenters. The van der Waals surface area contributed by atoms with Gasteiger partial charge in [-0.25, -0.2) is 0 Å². The van der Waals surface area contributed by atoms with Crippen molar-refractivity contribution >= 4 is 11.5 Å². The molecule has 4 rings (SSSR count). The maximum absolute atomic E-state index is 13.7. The van der Waals surface area contributed by atoms with E-state index in [0.29, 0.717) is 19.0 Å². The van der Waals surface area contributed by atoms with Crippen LogP contribution in [0.25, 0.3) is 0 Å². The van der Waals surface area contributed by atoms with E-state index < -0.39 is 0 Å². The normalized spacial score (nSPS) is 22.0. The Balaban J connectivity index is 1.49. The minimum Gasteiger partial charge on any atom is -0.378 e. The molecule has 2 aliphatic carbocycles. The SMILES string of the molecule is CCN(CC1CC1)[C@@H]1C(=O)c2ccc(NC(C)(C)COCc3ccccc3)cc2C(C)(C)[C@H]1C. The Hall–Kier alpha value is -2.17. The molecule has 184 valence electrons. The molecule has 4 heteroatoms. The third-order valence-corrected chi connectivity index (χ3v) is 7.91. The molecule has 1 N–H and O–H groups in total. The van der Waals surface area contributed by atoms with Crippen molar-refractivity contribution in [3.8, 4) is 0 Å². The van der Waals surface area contributed by atoms with Crippen LogP contribution >= 0.6 is 0 Å². The summed E-state index contributed by atoms with van der Waals surface area (Å²) in [7, 11) is 0. The molecule has 0 aromatic heterocycles. The van der Waals surface area contributed by atoms with Gasteiger partial charge in [-0.1, -0.05) is 58.0 Å². The Bertz CT molecular complexity index is 994. The van der Waals surface area contributed by atoms with Crippen LogP contribution in [0.2, 0.25) is 0 Å². The first-order valence-corrected chi connectivity index (χ1v) is 12.9. The molecule has 0 saturated heterocycles. The van der Waals surface area contributed by atoms with Crippen LogP contribution in [0.5, 0.6) is 0 Å². The number of ether oxygens (including phenoxy) is 1. The van der Waals surface area contributed by atoms with Crippen LogP contribution < -0.4 is 5.32 Å². The van der Waals surface area contributed by atoms with Crippen molar-refractivity contribution in [3.63, 3.8) is 0 Å². The molecule has 0 heterocycles. The van der Waals surface area contributed by atoms with E-state index in [1.54, 1.807) is 0 Å². The van der Waals surface area contributed by atoms with Crippen molar-refractivity contribution in [1.82, 2.24) is 4.90 Å². The number of nitrogens with zero attached hydrogens (tertiary/aromatic N) is 1. The molecule has 34 heavy (non-hydrogen) atoms. The van der Waals surface area contributed by atoms with E-state index in [9.17, 15) is 4.79 Å². The first-order valence-electron chi connectivity index (χ1n) is 12.9. The lowest BCUT2D eigenvalue weighted by molar-refractivity contribution is 0.0595. The Morgan fingerprint density at radius 3 is 2.47 bits per heavy atom. The maximum Gasteiger partial charge on any atom is 0.180 e. The number of nitrogens with one attached hydrogen (secondary N) is 1. The highest BCUT2D eigenvalue weighted by Crippen LogP contribution is 2.44. The topological polar surface area (TPSA) is 41.6 Å². The molecule has 0 bridgehead atoms. The number of hydrogen-bond donors (Lipinski definition) is 1. The summed E-state index contributed by atoms with van der Waals surface area (Å²) in [5.74, 6) is 1.33. The maximum atomic E-state index is 13.7.